The summed E-state index contributed by atoms with van der Waals surface area (Å²) in [5.74, 6) is 0.343. The summed E-state index contributed by atoms with van der Waals surface area (Å²) in [5, 5.41) is 12.9. The number of nitrogens with zero attached hydrogens (tertiary/aromatic N) is 2. The highest BCUT2D eigenvalue weighted by Crippen LogP contribution is 2.23. The average Bonchev–Trinajstić information content (AvgIpc) is 3.04. The van der Waals surface area contributed by atoms with Crippen molar-refractivity contribution in [3.05, 3.63) is 35.9 Å². The Balaban J connectivity index is 1.93. The van der Waals surface area contributed by atoms with Gasteiger partial charge in [-0.25, -0.2) is 4.98 Å². The molecule has 2 aromatic rings. The summed E-state index contributed by atoms with van der Waals surface area (Å²) in [4.78, 5) is 4.46. The Bertz CT molecular complexity index is 666. The highest BCUT2D eigenvalue weighted by atomic mass is 16.5. The van der Waals surface area contributed by atoms with Crippen LogP contribution in [0, 0.1) is 0 Å². The van der Waals surface area contributed by atoms with Crippen molar-refractivity contribution in [2.75, 3.05) is 13.2 Å². The van der Waals surface area contributed by atoms with Crippen molar-refractivity contribution in [3.8, 4) is 5.88 Å². The molecule has 3 N–H and O–H groups in total. The topological polar surface area (TPSA) is 90.0 Å². The number of oxime groups is 1. The number of fused-ring (bicyclic) bond motifs is 1. The third-order valence-electron chi connectivity index (χ3n) is 3.50. The second-order valence-corrected chi connectivity index (χ2v) is 4.97. The Hall–Kier alpha value is -2.34. The van der Waals surface area contributed by atoms with Crippen molar-refractivity contribution >= 4 is 16.7 Å². The molecule has 1 unspecified atom stereocenters. The molecule has 0 amide bonds. The van der Waals surface area contributed by atoms with Crippen LogP contribution in [0.5, 0.6) is 5.88 Å². The van der Waals surface area contributed by atoms with E-state index in [1.54, 1.807) is 0 Å². The number of hydrogen-bond acceptors (Lipinski definition) is 5. The molecule has 6 nitrogen and oxygen atoms in total. The Kier molecular flexibility index (Phi) is 3.87. The van der Waals surface area contributed by atoms with Gasteiger partial charge in [-0.1, -0.05) is 23.4 Å². The molecule has 1 aromatic carbocycles. The van der Waals surface area contributed by atoms with Gasteiger partial charge in [-0.3, -0.25) is 0 Å². The zero-order valence-electron chi connectivity index (χ0n) is 11.5. The van der Waals surface area contributed by atoms with Crippen LogP contribution in [0.4, 0.5) is 0 Å². The van der Waals surface area contributed by atoms with Crippen LogP contribution in [0.2, 0.25) is 0 Å². The van der Waals surface area contributed by atoms with Gasteiger partial charge >= 0.3 is 0 Å². The summed E-state index contributed by atoms with van der Waals surface area (Å²) >= 11 is 0. The Morgan fingerprint density at radius 1 is 1.48 bits per heavy atom. The van der Waals surface area contributed by atoms with Crippen LogP contribution in [-0.2, 0) is 4.74 Å². The van der Waals surface area contributed by atoms with E-state index in [9.17, 15) is 0 Å². The predicted molar refractivity (Wildman–Crippen MR) is 78.7 cm³/mol. The average molecular weight is 287 g/mol. The molecule has 21 heavy (non-hydrogen) atoms. The number of amidine groups is 1. The summed E-state index contributed by atoms with van der Waals surface area (Å²) in [6.45, 7) is 1.18. The standard InChI is InChI=1S/C15H17N3O3/c16-14(18-19)12-8-10-4-1-2-6-13(10)17-15(12)21-9-11-5-3-7-20-11/h1-2,4,6,8,11,19H,3,5,7,9H2,(H2,16,18). The smallest absolute Gasteiger partial charge is 0.225 e. The molecular formula is C15H17N3O3. The van der Waals surface area contributed by atoms with Crippen LogP contribution < -0.4 is 10.5 Å². The molecule has 0 radical (unpaired) electrons. The van der Waals surface area contributed by atoms with E-state index >= 15 is 0 Å². The first-order chi connectivity index (χ1) is 10.3. The van der Waals surface area contributed by atoms with Crippen LogP contribution >= 0.6 is 0 Å². The molecule has 0 saturated carbocycles. The lowest BCUT2D eigenvalue weighted by Gasteiger charge is -2.14. The van der Waals surface area contributed by atoms with E-state index in [1.165, 1.54) is 0 Å². The minimum Gasteiger partial charge on any atom is -0.474 e. The van der Waals surface area contributed by atoms with Gasteiger partial charge in [0.25, 0.3) is 0 Å². The molecule has 3 rings (SSSR count). The molecular weight excluding hydrogens is 270 g/mol. The van der Waals surface area contributed by atoms with Crippen molar-refractivity contribution in [2.45, 2.75) is 18.9 Å². The number of benzene rings is 1. The van der Waals surface area contributed by atoms with E-state index < -0.39 is 0 Å². The Morgan fingerprint density at radius 2 is 2.33 bits per heavy atom. The summed E-state index contributed by atoms with van der Waals surface area (Å²) < 4.78 is 11.3. The van der Waals surface area contributed by atoms with Gasteiger partial charge in [-0.2, -0.15) is 0 Å². The van der Waals surface area contributed by atoms with Gasteiger partial charge in [0.1, 0.15) is 6.61 Å². The monoisotopic (exact) mass is 287 g/mol. The van der Waals surface area contributed by atoms with E-state index in [4.69, 9.17) is 20.4 Å². The zero-order chi connectivity index (χ0) is 14.7. The first-order valence-corrected chi connectivity index (χ1v) is 6.90. The molecule has 1 saturated heterocycles. The lowest BCUT2D eigenvalue weighted by molar-refractivity contribution is 0.0664. The number of ether oxygens (including phenoxy) is 2. The van der Waals surface area contributed by atoms with E-state index in [-0.39, 0.29) is 11.9 Å². The third kappa shape index (κ3) is 2.90. The van der Waals surface area contributed by atoms with E-state index in [1.807, 2.05) is 30.3 Å². The summed E-state index contributed by atoms with van der Waals surface area (Å²) in [7, 11) is 0. The van der Waals surface area contributed by atoms with Gasteiger partial charge in [0.2, 0.25) is 5.88 Å². The fraction of sp³-hybridized carbons (Fsp3) is 0.333. The fourth-order valence-electron chi connectivity index (χ4n) is 2.39. The third-order valence-corrected chi connectivity index (χ3v) is 3.50. The first-order valence-electron chi connectivity index (χ1n) is 6.90. The van der Waals surface area contributed by atoms with Gasteiger partial charge in [0.05, 0.1) is 17.2 Å². The van der Waals surface area contributed by atoms with Crippen molar-refractivity contribution in [1.29, 1.82) is 0 Å². The number of rotatable bonds is 4. The predicted octanol–water partition coefficient (Wildman–Crippen LogP) is 1.89. The normalized spacial score (nSPS) is 19.0. The van der Waals surface area contributed by atoms with Gasteiger partial charge in [-0.15, -0.1) is 0 Å². The molecule has 1 aliphatic rings. The van der Waals surface area contributed by atoms with Crippen LogP contribution in [-0.4, -0.2) is 35.3 Å². The number of nitrogens with two attached hydrogens (primary N) is 1. The maximum absolute atomic E-state index is 8.92. The lowest BCUT2D eigenvalue weighted by atomic mass is 10.1. The van der Waals surface area contributed by atoms with Crippen molar-refractivity contribution in [2.24, 2.45) is 10.9 Å². The molecule has 2 heterocycles. The minimum absolute atomic E-state index is 0.0180. The van der Waals surface area contributed by atoms with E-state index in [2.05, 4.69) is 10.1 Å². The molecule has 0 bridgehead atoms. The summed E-state index contributed by atoms with van der Waals surface area (Å²) in [6, 6.07) is 9.43. The minimum atomic E-state index is -0.0180. The summed E-state index contributed by atoms with van der Waals surface area (Å²) in [6.07, 6.45) is 2.11. The number of hydrogen-bond donors (Lipinski definition) is 2. The fourth-order valence-corrected chi connectivity index (χ4v) is 2.39. The van der Waals surface area contributed by atoms with Crippen LogP contribution in [0.1, 0.15) is 18.4 Å². The Labute approximate surface area is 122 Å². The molecule has 0 aliphatic carbocycles. The van der Waals surface area contributed by atoms with Crippen LogP contribution in [0.15, 0.2) is 35.5 Å². The van der Waals surface area contributed by atoms with Gasteiger partial charge in [0.15, 0.2) is 5.84 Å². The molecule has 0 spiro atoms. The SMILES string of the molecule is NC(=NO)c1cc2ccccc2nc1OCC1CCCO1. The largest absolute Gasteiger partial charge is 0.474 e. The Morgan fingerprint density at radius 3 is 3.10 bits per heavy atom. The van der Waals surface area contributed by atoms with Gasteiger partial charge in [0, 0.05) is 12.0 Å². The lowest BCUT2D eigenvalue weighted by Crippen LogP contribution is -2.20. The number of para-hydroxylation sites is 1. The maximum Gasteiger partial charge on any atom is 0.225 e. The highest BCUT2D eigenvalue weighted by Gasteiger charge is 2.18. The first kappa shape index (κ1) is 13.6. The second-order valence-electron chi connectivity index (χ2n) is 4.97. The number of aromatic nitrogens is 1. The molecule has 1 aliphatic heterocycles. The van der Waals surface area contributed by atoms with Gasteiger partial charge < -0.3 is 20.4 Å². The van der Waals surface area contributed by atoms with E-state index in [0.717, 1.165) is 30.4 Å². The zero-order valence-corrected chi connectivity index (χ0v) is 11.5. The molecule has 6 heteroatoms. The summed E-state index contributed by atoms with van der Waals surface area (Å²) in [5.41, 5.74) is 7.00. The second kappa shape index (κ2) is 5.97. The van der Waals surface area contributed by atoms with Crippen molar-refractivity contribution in [1.82, 2.24) is 4.98 Å². The molecule has 110 valence electrons. The molecule has 1 atom stereocenters. The molecule has 1 aromatic heterocycles. The van der Waals surface area contributed by atoms with Crippen LogP contribution in [0.3, 0.4) is 0 Å². The van der Waals surface area contributed by atoms with Gasteiger partial charge in [-0.05, 0) is 25.0 Å². The van der Waals surface area contributed by atoms with Crippen molar-refractivity contribution < 1.29 is 14.7 Å². The maximum atomic E-state index is 8.92. The quantitative estimate of drug-likeness (QED) is 0.388. The van der Waals surface area contributed by atoms with Crippen LogP contribution in [0.25, 0.3) is 10.9 Å². The number of pyridine rings is 1. The van der Waals surface area contributed by atoms with E-state index in [0.29, 0.717) is 18.1 Å². The highest BCUT2D eigenvalue weighted by molar-refractivity contribution is 6.02. The van der Waals surface area contributed by atoms with Crippen molar-refractivity contribution in [3.63, 3.8) is 0 Å². The molecule has 1 fully saturated rings.